The summed E-state index contributed by atoms with van der Waals surface area (Å²) in [6.45, 7) is 0.730. The summed E-state index contributed by atoms with van der Waals surface area (Å²) in [6, 6.07) is 2.18. The lowest BCUT2D eigenvalue weighted by molar-refractivity contribution is -0.130. The van der Waals surface area contributed by atoms with E-state index in [9.17, 15) is 14.7 Å². The van der Waals surface area contributed by atoms with Gasteiger partial charge in [0.2, 0.25) is 11.8 Å². The molecule has 0 bridgehead atoms. The van der Waals surface area contributed by atoms with E-state index in [-0.39, 0.29) is 24.3 Å². The standard InChI is InChI=1S/C16H22N2O3S/c19-14(11-5-6-22-10-11)8-17-16(21)12-7-15(20)18(9-12)13-3-1-2-4-13/h5-6,10,12-14,19H,1-4,7-9H2,(H,17,21). The highest BCUT2D eigenvalue weighted by Gasteiger charge is 2.38. The molecule has 2 N–H and O–H groups in total. The van der Waals surface area contributed by atoms with Gasteiger partial charge in [0.1, 0.15) is 0 Å². The van der Waals surface area contributed by atoms with E-state index in [1.165, 1.54) is 24.2 Å². The summed E-state index contributed by atoms with van der Waals surface area (Å²) in [4.78, 5) is 26.2. The summed E-state index contributed by atoms with van der Waals surface area (Å²) in [7, 11) is 0. The van der Waals surface area contributed by atoms with Gasteiger partial charge in [0.25, 0.3) is 0 Å². The van der Waals surface area contributed by atoms with Gasteiger partial charge in [0, 0.05) is 25.6 Å². The second-order valence-corrected chi connectivity index (χ2v) is 6.98. The molecule has 5 nitrogen and oxygen atoms in total. The summed E-state index contributed by atoms with van der Waals surface area (Å²) in [5, 5.41) is 16.5. The van der Waals surface area contributed by atoms with E-state index in [1.807, 2.05) is 21.7 Å². The molecule has 2 aliphatic rings. The molecule has 1 aromatic rings. The first kappa shape index (κ1) is 15.5. The average Bonchev–Trinajstić information content (AvgIpc) is 3.24. The third-order valence-corrected chi connectivity index (χ3v) is 5.39. The molecular formula is C16H22N2O3S. The summed E-state index contributed by atoms with van der Waals surface area (Å²) in [5.41, 5.74) is 0.820. The van der Waals surface area contributed by atoms with Crippen LogP contribution < -0.4 is 5.32 Å². The monoisotopic (exact) mass is 322 g/mol. The quantitative estimate of drug-likeness (QED) is 0.867. The Bertz CT molecular complexity index is 526. The molecule has 120 valence electrons. The van der Waals surface area contributed by atoms with Crippen molar-refractivity contribution in [2.45, 2.75) is 44.2 Å². The second kappa shape index (κ2) is 6.79. The largest absolute Gasteiger partial charge is 0.387 e. The van der Waals surface area contributed by atoms with Crippen molar-refractivity contribution in [3.63, 3.8) is 0 Å². The zero-order valence-corrected chi connectivity index (χ0v) is 13.3. The minimum absolute atomic E-state index is 0.102. The van der Waals surface area contributed by atoms with Crippen LogP contribution in [0.4, 0.5) is 0 Å². The summed E-state index contributed by atoms with van der Waals surface area (Å²) in [6.07, 6.45) is 4.11. The number of carbonyl (C=O) groups excluding carboxylic acids is 2. The minimum Gasteiger partial charge on any atom is -0.387 e. The predicted molar refractivity (Wildman–Crippen MR) is 84.4 cm³/mol. The fraction of sp³-hybridized carbons (Fsp3) is 0.625. The number of thiophene rings is 1. The van der Waals surface area contributed by atoms with Gasteiger partial charge in [-0.2, -0.15) is 11.3 Å². The summed E-state index contributed by atoms with van der Waals surface area (Å²) < 4.78 is 0. The Kier molecular flexibility index (Phi) is 4.78. The predicted octanol–water partition coefficient (Wildman–Crippen LogP) is 1.69. The van der Waals surface area contributed by atoms with Crippen molar-refractivity contribution >= 4 is 23.2 Å². The van der Waals surface area contributed by atoms with Crippen molar-refractivity contribution in [2.75, 3.05) is 13.1 Å². The summed E-state index contributed by atoms with van der Waals surface area (Å²) >= 11 is 1.52. The number of rotatable bonds is 5. The molecule has 0 radical (unpaired) electrons. The van der Waals surface area contributed by atoms with E-state index in [0.29, 0.717) is 19.0 Å². The molecule has 2 fully saturated rings. The number of hydrogen-bond acceptors (Lipinski definition) is 4. The Hall–Kier alpha value is -1.40. The van der Waals surface area contributed by atoms with Gasteiger partial charge in [-0.3, -0.25) is 9.59 Å². The molecule has 2 heterocycles. The highest BCUT2D eigenvalue weighted by molar-refractivity contribution is 7.07. The van der Waals surface area contributed by atoms with Crippen LogP contribution in [0.3, 0.4) is 0 Å². The van der Waals surface area contributed by atoms with Crippen molar-refractivity contribution < 1.29 is 14.7 Å². The average molecular weight is 322 g/mol. The topological polar surface area (TPSA) is 69.6 Å². The normalized spacial score (nSPS) is 24.0. The number of nitrogens with one attached hydrogen (secondary N) is 1. The van der Waals surface area contributed by atoms with E-state index >= 15 is 0 Å². The molecule has 1 aliphatic carbocycles. The Morgan fingerprint density at radius 2 is 2.23 bits per heavy atom. The molecule has 2 atom stereocenters. The van der Waals surface area contributed by atoms with Crippen molar-refractivity contribution in [2.24, 2.45) is 5.92 Å². The van der Waals surface area contributed by atoms with Gasteiger partial charge in [-0.25, -0.2) is 0 Å². The number of nitrogens with zero attached hydrogens (tertiary/aromatic N) is 1. The minimum atomic E-state index is -0.682. The maximum atomic E-state index is 12.2. The van der Waals surface area contributed by atoms with Crippen LogP contribution in [0.2, 0.25) is 0 Å². The number of likely N-dealkylation sites (tertiary alicyclic amines) is 1. The van der Waals surface area contributed by atoms with Crippen molar-refractivity contribution in [3.05, 3.63) is 22.4 Å². The highest BCUT2D eigenvalue weighted by atomic mass is 32.1. The maximum Gasteiger partial charge on any atom is 0.225 e. The Morgan fingerprint density at radius 3 is 2.91 bits per heavy atom. The second-order valence-electron chi connectivity index (χ2n) is 6.20. The lowest BCUT2D eigenvalue weighted by atomic mass is 10.1. The lowest BCUT2D eigenvalue weighted by Crippen LogP contribution is -2.37. The molecule has 0 spiro atoms. The molecule has 0 aromatic carbocycles. The molecule has 1 aliphatic heterocycles. The molecule has 2 amide bonds. The van der Waals surface area contributed by atoms with E-state index in [1.54, 1.807) is 0 Å². The van der Waals surface area contributed by atoms with Crippen LogP contribution in [0.1, 0.15) is 43.8 Å². The first-order chi connectivity index (χ1) is 10.6. The van der Waals surface area contributed by atoms with Crippen molar-refractivity contribution in [1.29, 1.82) is 0 Å². The maximum absolute atomic E-state index is 12.2. The van der Waals surface area contributed by atoms with E-state index < -0.39 is 6.10 Å². The highest BCUT2D eigenvalue weighted by Crippen LogP contribution is 2.29. The smallest absolute Gasteiger partial charge is 0.225 e. The molecule has 3 rings (SSSR count). The number of aliphatic hydroxyl groups is 1. The van der Waals surface area contributed by atoms with Gasteiger partial charge in [-0.1, -0.05) is 12.8 Å². The fourth-order valence-electron chi connectivity index (χ4n) is 3.40. The van der Waals surface area contributed by atoms with Crippen LogP contribution >= 0.6 is 11.3 Å². The van der Waals surface area contributed by atoms with Crippen LogP contribution in [0.15, 0.2) is 16.8 Å². The molecule has 2 unspecified atom stereocenters. The molecule has 22 heavy (non-hydrogen) atoms. The summed E-state index contributed by atoms with van der Waals surface area (Å²) in [5.74, 6) is -0.295. The number of amides is 2. The van der Waals surface area contributed by atoms with E-state index in [0.717, 1.165) is 18.4 Å². The van der Waals surface area contributed by atoms with Gasteiger partial charge < -0.3 is 15.3 Å². The number of hydrogen-bond donors (Lipinski definition) is 2. The number of carbonyl (C=O) groups is 2. The van der Waals surface area contributed by atoms with Crippen LogP contribution in [0.25, 0.3) is 0 Å². The Labute approximate surface area is 134 Å². The van der Waals surface area contributed by atoms with E-state index in [2.05, 4.69) is 5.32 Å². The van der Waals surface area contributed by atoms with E-state index in [4.69, 9.17) is 0 Å². The van der Waals surface area contributed by atoms with Crippen molar-refractivity contribution in [1.82, 2.24) is 10.2 Å². The SMILES string of the molecule is O=C(NCC(O)c1ccsc1)C1CC(=O)N(C2CCCC2)C1. The first-order valence-electron chi connectivity index (χ1n) is 7.92. The third kappa shape index (κ3) is 3.33. The number of aliphatic hydroxyl groups excluding tert-OH is 1. The van der Waals surface area contributed by atoms with Crippen LogP contribution in [0, 0.1) is 5.92 Å². The van der Waals surface area contributed by atoms with Gasteiger partial charge in [0.05, 0.1) is 12.0 Å². The first-order valence-corrected chi connectivity index (χ1v) is 8.87. The van der Waals surface area contributed by atoms with Crippen molar-refractivity contribution in [3.8, 4) is 0 Å². The molecule has 1 saturated heterocycles. The zero-order chi connectivity index (χ0) is 15.5. The van der Waals surface area contributed by atoms with Crippen LogP contribution in [-0.2, 0) is 9.59 Å². The Balaban J connectivity index is 1.49. The third-order valence-electron chi connectivity index (χ3n) is 4.69. The van der Waals surface area contributed by atoms with Gasteiger partial charge >= 0.3 is 0 Å². The van der Waals surface area contributed by atoms with Gasteiger partial charge in [-0.15, -0.1) is 0 Å². The molecule has 6 heteroatoms. The molecule has 1 saturated carbocycles. The van der Waals surface area contributed by atoms with Gasteiger partial charge in [-0.05, 0) is 35.2 Å². The van der Waals surface area contributed by atoms with Crippen LogP contribution in [-0.4, -0.2) is 41.0 Å². The van der Waals surface area contributed by atoms with Crippen LogP contribution in [0.5, 0.6) is 0 Å². The van der Waals surface area contributed by atoms with Gasteiger partial charge in [0.15, 0.2) is 0 Å². The fourth-order valence-corrected chi connectivity index (χ4v) is 4.11. The molecule has 1 aromatic heterocycles. The lowest BCUT2D eigenvalue weighted by Gasteiger charge is -2.24. The Morgan fingerprint density at radius 1 is 1.45 bits per heavy atom. The zero-order valence-electron chi connectivity index (χ0n) is 12.5. The molecular weight excluding hydrogens is 300 g/mol.